The standard InChI is InChI=1S/C13H27NOS/c1-10-6-5-7-12(11(10)2)14-8-13(3,15)9-16-4/h10-12,14-15H,5-9H2,1-4H3. The van der Waals surface area contributed by atoms with Crippen molar-refractivity contribution in [2.24, 2.45) is 11.8 Å². The number of hydrogen-bond donors (Lipinski definition) is 2. The van der Waals surface area contributed by atoms with E-state index >= 15 is 0 Å². The smallest absolute Gasteiger partial charge is 0.0833 e. The van der Waals surface area contributed by atoms with Crippen molar-refractivity contribution in [1.82, 2.24) is 5.32 Å². The lowest BCUT2D eigenvalue weighted by molar-refractivity contribution is 0.0725. The van der Waals surface area contributed by atoms with Gasteiger partial charge >= 0.3 is 0 Å². The normalized spacial score (nSPS) is 34.7. The Morgan fingerprint density at radius 3 is 2.69 bits per heavy atom. The molecule has 1 saturated carbocycles. The van der Waals surface area contributed by atoms with E-state index in [1.807, 2.05) is 13.2 Å². The predicted octanol–water partition coefficient (Wildman–Crippen LogP) is 2.51. The third kappa shape index (κ3) is 4.27. The van der Waals surface area contributed by atoms with E-state index < -0.39 is 5.60 Å². The second-order valence-corrected chi connectivity index (χ2v) is 6.55. The van der Waals surface area contributed by atoms with E-state index in [4.69, 9.17) is 0 Å². The number of hydrogen-bond acceptors (Lipinski definition) is 3. The average molecular weight is 245 g/mol. The zero-order valence-electron chi connectivity index (χ0n) is 11.1. The van der Waals surface area contributed by atoms with Crippen LogP contribution < -0.4 is 5.32 Å². The second kappa shape index (κ2) is 6.27. The first kappa shape index (κ1) is 14.3. The van der Waals surface area contributed by atoms with Crippen molar-refractivity contribution in [1.29, 1.82) is 0 Å². The van der Waals surface area contributed by atoms with Gasteiger partial charge in [-0.15, -0.1) is 0 Å². The lowest BCUT2D eigenvalue weighted by atomic mass is 9.78. The van der Waals surface area contributed by atoms with Crippen molar-refractivity contribution >= 4 is 11.8 Å². The predicted molar refractivity (Wildman–Crippen MR) is 73.0 cm³/mol. The molecule has 0 spiro atoms. The summed E-state index contributed by atoms with van der Waals surface area (Å²) in [5.41, 5.74) is -0.570. The van der Waals surface area contributed by atoms with Gasteiger partial charge in [-0.2, -0.15) is 11.8 Å². The number of thioether (sulfide) groups is 1. The van der Waals surface area contributed by atoms with Crippen LogP contribution in [-0.2, 0) is 0 Å². The van der Waals surface area contributed by atoms with Crippen molar-refractivity contribution in [2.45, 2.75) is 51.7 Å². The summed E-state index contributed by atoms with van der Waals surface area (Å²) in [4.78, 5) is 0. The van der Waals surface area contributed by atoms with Crippen molar-refractivity contribution in [3.63, 3.8) is 0 Å². The molecule has 2 nitrogen and oxygen atoms in total. The monoisotopic (exact) mass is 245 g/mol. The van der Waals surface area contributed by atoms with Gasteiger partial charge in [0.2, 0.25) is 0 Å². The van der Waals surface area contributed by atoms with Crippen LogP contribution in [0.5, 0.6) is 0 Å². The largest absolute Gasteiger partial charge is 0.388 e. The molecule has 0 heterocycles. The molecule has 4 unspecified atom stereocenters. The minimum Gasteiger partial charge on any atom is -0.388 e. The molecule has 2 N–H and O–H groups in total. The van der Waals surface area contributed by atoms with Crippen LogP contribution in [0.2, 0.25) is 0 Å². The SMILES string of the molecule is CSCC(C)(O)CNC1CCCC(C)C1C. The highest BCUT2D eigenvalue weighted by Gasteiger charge is 2.28. The molecule has 0 aliphatic heterocycles. The fourth-order valence-electron chi connectivity index (χ4n) is 2.58. The van der Waals surface area contributed by atoms with Crippen molar-refractivity contribution in [2.75, 3.05) is 18.6 Å². The highest BCUT2D eigenvalue weighted by atomic mass is 32.2. The van der Waals surface area contributed by atoms with Crippen LogP contribution in [0.15, 0.2) is 0 Å². The number of rotatable bonds is 5. The summed E-state index contributed by atoms with van der Waals surface area (Å²) in [6.07, 6.45) is 6.00. The highest BCUT2D eigenvalue weighted by molar-refractivity contribution is 7.98. The lowest BCUT2D eigenvalue weighted by Crippen LogP contribution is -2.48. The summed E-state index contributed by atoms with van der Waals surface area (Å²) in [6.45, 7) is 7.33. The third-order valence-corrected chi connectivity index (χ3v) is 4.82. The van der Waals surface area contributed by atoms with Crippen LogP contribution in [0.3, 0.4) is 0 Å². The molecule has 96 valence electrons. The molecule has 1 aliphatic carbocycles. The quantitative estimate of drug-likeness (QED) is 0.780. The van der Waals surface area contributed by atoms with Gasteiger partial charge in [0, 0.05) is 18.3 Å². The van der Waals surface area contributed by atoms with Gasteiger partial charge in [-0.1, -0.05) is 26.7 Å². The first-order chi connectivity index (χ1) is 7.46. The second-order valence-electron chi connectivity index (χ2n) is 5.68. The molecule has 0 saturated heterocycles. The Bertz CT molecular complexity index is 208. The van der Waals surface area contributed by atoms with Gasteiger partial charge in [-0.3, -0.25) is 0 Å². The summed E-state index contributed by atoms with van der Waals surface area (Å²) in [5.74, 6) is 2.35. The first-order valence-electron chi connectivity index (χ1n) is 6.41. The Balaban J connectivity index is 2.36. The molecule has 0 aromatic rings. The van der Waals surface area contributed by atoms with Gasteiger partial charge in [0.1, 0.15) is 0 Å². The van der Waals surface area contributed by atoms with Gasteiger partial charge in [0.05, 0.1) is 5.60 Å². The molecule has 0 bridgehead atoms. The molecular formula is C13H27NOS. The Labute approximate surface area is 105 Å². The maximum Gasteiger partial charge on any atom is 0.0833 e. The van der Waals surface area contributed by atoms with Crippen LogP contribution in [0.25, 0.3) is 0 Å². The van der Waals surface area contributed by atoms with Gasteiger partial charge in [0.25, 0.3) is 0 Å². The van der Waals surface area contributed by atoms with Crippen molar-refractivity contribution in [3.8, 4) is 0 Å². The fraction of sp³-hybridized carbons (Fsp3) is 1.00. The van der Waals surface area contributed by atoms with Crippen LogP contribution in [0.1, 0.15) is 40.0 Å². The van der Waals surface area contributed by atoms with E-state index in [2.05, 4.69) is 19.2 Å². The van der Waals surface area contributed by atoms with E-state index in [0.29, 0.717) is 6.04 Å². The van der Waals surface area contributed by atoms with E-state index in [0.717, 1.165) is 24.1 Å². The molecule has 0 aromatic heterocycles. The zero-order chi connectivity index (χ0) is 12.2. The summed E-state index contributed by atoms with van der Waals surface area (Å²) >= 11 is 1.71. The summed E-state index contributed by atoms with van der Waals surface area (Å²) in [7, 11) is 0. The topological polar surface area (TPSA) is 32.3 Å². The Morgan fingerprint density at radius 2 is 2.06 bits per heavy atom. The molecule has 1 fully saturated rings. The fourth-order valence-corrected chi connectivity index (χ4v) is 3.31. The summed E-state index contributed by atoms with van der Waals surface area (Å²) < 4.78 is 0. The molecule has 0 radical (unpaired) electrons. The zero-order valence-corrected chi connectivity index (χ0v) is 11.9. The Morgan fingerprint density at radius 1 is 1.38 bits per heavy atom. The third-order valence-electron chi connectivity index (χ3n) is 3.91. The first-order valence-corrected chi connectivity index (χ1v) is 7.80. The van der Waals surface area contributed by atoms with Gasteiger partial charge in [0.15, 0.2) is 0 Å². The number of nitrogens with one attached hydrogen (secondary N) is 1. The molecular weight excluding hydrogens is 218 g/mol. The Kier molecular flexibility index (Phi) is 5.62. The van der Waals surface area contributed by atoms with Crippen LogP contribution in [0.4, 0.5) is 0 Å². The highest BCUT2D eigenvalue weighted by Crippen LogP contribution is 2.29. The molecule has 1 aliphatic rings. The van der Waals surface area contributed by atoms with E-state index in [-0.39, 0.29) is 0 Å². The van der Waals surface area contributed by atoms with Crippen molar-refractivity contribution < 1.29 is 5.11 Å². The maximum atomic E-state index is 10.1. The molecule has 16 heavy (non-hydrogen) atoms. The van der Waals surface area contributed by atoms with Crippen molar-refractivity contribution in [3.05, 3.63) is 0 Å². The summed E-state index contributed by atoms with van der Waals surface area (Å²) in [5, 5.41) is 13.7. The summed E-state index contributed by atoms with van der Waals surface area (Å²) in [6, 6.07) is 0.595. The van der Waals surface area contributed by atoms with Crippen LogP contribution in [0, 0.1) is 11.8 Å². The molecule has 0 amide bonds. The van der Waals surface area contributed by atoms with Crippen LogP contribution in [-0.4, -0.2) is 35.3 Å². The molecule has 1 rings (SSSR count). The molecule has 4 atom stereocenters. The molecule has 3 heteroatoms. The lowest BCUT2D eigenvalue weighted by Gasteiger charge is -2.36. The van der Waals surface area contributed by atoms with E-state index in [1.165, 1.54) is 19.3 Å². The van der Waals surface area contributed by atoms with E-state index in [1.54, 1.807) is 11.8 Å². The van der Waals surface area contributed by atoms with Gasteiger partial charge in [-0.05, 0) is 31.4 Å². The van der Waals surface area contributed by atoms with Gasteiger partial charge in [-0.25, -0.2) is 0 Å². The minimum atomic E-state index is -0.570. The van der Waals surface area contributed by atoms with E-state index in [9.17, 15) is 5.11 Å². The average Bonchev–Trinajstić information content (AvgIpc) is 2.20. The minimum absolute atomic E-state index is 0.570. The van der Waals surface area contributed by atoms with Gasteiger partial charge < -0.3 is 10.4 Å². The molecule has 0 aromatic carbocycles. The van der Waals surface area contributed by atoms with Crippen LogP contribution >= 0.6 is 11.8 Å². The Hall–Kier alpha value is 0.270. The number of aliphatic hydroxyl groups is 1. The maximum absolute atomic E-state index is 10.1.